The first-order valence-corrected chi connectivity index (χ1v) is 12.6. The predicted octanol–water partition coefficient (Wildman–Crippen LogP) is 2.59. The molecule has 4 heterocycles. The number of rotatable bonds is 7. The van der Waals surface area contributed by atoms with E-state index in [1.54, 1.807) is 30.4 Å². The Balaban J connectivity index is 1.62. The van der Waals surface area contributed by atoms with Crippen molar-refractivity contribution in [3.8, 4) is 0 Å². The summed E-state index contributed by atoms with van der Waals surface area (Å²) in [5, 5.41) is 9.27. The van der Waals surface area contributed by atoms with Crippen LogP contribution in [-0.2, 0) is 13.6 Å². The number of likely N-dealkylation sites (tertiary alicyclic amines) is 1. The maximum absolute atomic E-state index is 13.5. The minimum absolute atomic E-state index is 0.0679. The molecule has 1 aliphatic heterocycles. The van der Waals surface area contributed by atoms with E-state index in [1.807, 2.05) is 30.4 Å². The number of anilines is 1. The summed E-state index contributed by atoms with van der Waals surface area (Å²) in [7, 11) is 3.20. The molecular formula is C25H29ClF2N10O. The molecule has 1 unspecified atom stereocenters. The van der Waals surface area contributed by atoms with Crippen LogP contribution in [0.3, 0.4) is 0 Å². The number of nitrogens with one attached hydrogen (secondary N) is 1. The molecule has 3 aromatic heterocycles. The van der Waals surface area contributed by atoms with E-state index in [0.29, 0.717) is 33.6 Å². The molecule has 0 spiro atoms. The first-order chi connectivity index (χ1) is 18.3. The first-order valence-electron chi connectivity index (χ1n) is 12.2. The van der Waals surface area contributed by atoms with Crippen LogP contribution in [0.2, 0.25) is 5.15 Å². The van der Waals surface area contributed by atoms with Crippen molar-refractivity contribution in [3.63, 3.8) is 0 Å². The first kappa shape index (κ1) is 26.8. The molecule has 1 aromatic carbocycles. The van der Waals surface area contributed by atoms with Gasteiger partial charge in [0, 0.05) is 20.6 Å². The molecule has 39 heavy (non-hydrogen) atoms. The number of benzene rings is 1. The largest absolute Gasteiger partial charge is 0.380 e. The molecule has 5 rings (SSSR count). The number of imidazole rings is 1. The third kappa shape index (κ3) is 5.00. The number of nitrogens with two attached hydrogens (primary N) is 2. The zero-order valence-corrected chi connectivity index (χ0v) is 22.7. The standard InChI is InChI=1S/C25H29ClF2N10O/c1-13-7-15(14(2)32-17-5-6-19(26)33-20(17)22(29)34-36(4)30)21-16(8-13)24(39)35(3)23-18(31-12-38(21)23)9-37-10-25(27,28)11-37/h5-8,12,14,32H,9-11,30H2,1-4H3,(H2,29,34). The Morgan fingerprint density at radius 1 is 1.33 bits per heavy atom. The van der Waals surface area contributed by atoms with Gasteiger partial charge in [0.1, 0.15) is 22.8 Å². The van der Waals surface area contributed by atoms with Gasteiger partial charge in [-0.05, 0) is 43.2 Å². The average molecular weight is 559 g/mol. The topological polar surface area (TPSA) is 135 Å². The summed E-state index contributed by atoms with van der Waals surface area (Å²) in [5.41, 5.74) is 10.3. The monoisotopic (exact) mass is 558 g/mol. The van der Waals surface area contributed by atoms with Crippen LogP contribution in [0.4, 0.5) is 14.5 Å². The van der Waals surface area contributed by atoms with Crippen LogP contribution in [0.15, 0.2) is 40.5 Å². The second-order valence-corrected chi connectivity index (χ2v) is 10.3. The molecular weight excluding hydrogens is 530 g/mol. The van der Waals surface area contributed by atoms with Gasteiger partial charge in [-0.2, -0.15) is 0 Å². The van der Waals surface area contributed by atoms with E-state index in [2.05, 4.69) is 20.4 Å². The fraction of sp³-hybridized carbons (Fsp3) is 0.360. The van der Waals surface area contributed by atoms with Crippen LogP contribution in [0.1, 0.15) is 35.5 Å². The number of amidine groups is 1. The predicted molar refractivity (Wildman–Crippen MR) is 147 cm³/mol. The Hall–Kier alpha value is -3.81. The number of alkyl halides is 2. The molecule has 1 atom stereocenters. The SMILES string of the molecule is Cc1cc(C(C)Nc2ccc(Cl)nc2/C(N)=N/N(C)N)c2c(c1)c(=O)n(C)c1c(CN3CC(F)(F)C3)ncn21. The van der Waals surface area contributed by atoms with Gasteiger partial charge >= 0.3 is 0 Å². The summed E-state index contributed by atoms with van der Waals surface area (Å²) >= 11 is 6.13. The summed E-state index contributed by atoms with van der Waals surface area (Å²) in [5.74, 6) is 3.01. The number of halogens is 3. The normalized spacial score (nSPS) is 16.5. The van der Waals surface area contributed by atoms with Gasteiger partial charge in [-0.15, -0.1) is 5.10 Å². The maximum atomic E-state index is 13.5. The van der Waals surface area contributed by atoms with Gasteiger partial charge in [-0.3, -0.25) is 18.7 Å². The van der Waals surface area contributed by atoms with Crippen LogP contribution < -0.4 is 22.5 Å². The van der Waals surface area contributed by atoms with Crippen LogP contribution in [0.25, 0.3) is 16.6 Å². The quantitative estimate of drug-likeness (QED) is 0.104. The van der Waals surface area contributed by atoms with Gasteiger partial charge in [-0.1, -0.05) is 17.7 Å². The molecule has 1 fully saturated rings. The van der Waals surface area contributed by atoms with E-state index < -0.39 is 5.92 Å². The molecule has 4 aromatic rings. The van der Waals surface area contributed by atoms with Crippen molar-refractivity contribution in [2.24, 2.45) is 23.7 Å². The average Bonchev–Trinajstić information content (AvgIpc) is 3.25. The minimum atomic E-state index is -2.69. The molecule has 14 heteroatoms. The highest BCUT2D eigenvalue weighted by Gasteiger charge is 2.44. The van der Waals surface area contributed by atoms with E-state index in [0.717, 1.165) is 16.2 Å². The van der Waals surface area contributed by atoms with E-state index in [9.17, 15) is 13.6 Å². The van der Waals surface area contributed by atoms with Crippen LogP contribution in [-0.4, -0.2) is 60.8 Å². The lowest BCUT2D eigenvalue weighted by Gasteiger charge is -2.38. The fourth-order valence-corrected chi connectivity index (χ4v) is 5.21. The van der Waals surface area contributed by atoms with Gasteiger partial charge in [0.2, 0.25) is 0 Å². The number of hydrogen-bond acceptors (Lipinski definition) is 8. The van der Waals surface area contributed by atoms with Crippen LogP contribution >= 0.6 is 11.6 Å². The molecule has 1 aliphatic rings. The smallest absolute Gasteiger partial charge is 0.272 e. The number of pyridine rings is 1. The van der Waals surface area contributed by atoms with Crippen LogP contribution in [0.5, 0.6) is 0 Å². The van der Waals surface area contributed by atoms with E-state index in [4.69, 9.17) is 23.2 Å². The number of hydrazone groups is 1. The highest BCUT2D eigenvalue weighted by Crippen LogP contribution is 2.32. The summed E-state index contributed by atoms with van der Waals surface area (Å²) in [6.45, 7) is 3.41. The van der Waals surface area contributed by atoms with Gasteiger partial charge in [0.25, 0.3) is 11.5 Å². The third-order valence-electron chi connectivity index (χ3n) is 6.68. The van der Waals surface area contributed by atoms with Gasteiger partial charge in [0.05, 0.1) is 41.4 Å². The number of hydrazine groups is 1. The molecule has 11 nitrogen and oxygen atoms in total. The van der Waals surface area contributed by atoms with Gasteiger partial charge in [0.15, 0.2) is 5.84 Å². The second-order valence-electron chi connectivity index (χ2n) is 9.96. The molecule has 0 bridgehead atoms. The second kappa shape index (κ2) is 9.74. The highest BCUT2D eigenvalue weighted by atomic mass is 35.5. The summed E-state index contributed by atoms with van der Waals surface area (Å²) in [6.07, 6.45) is 1.63. The van der Waals surface area contributed by atoms with Crippen molar-refractivity contribution >= 4 is 39.7 Å². The summed E-state index contributed by atoms with van der Waals surface area (Å²) in [4.78, 5) is 24.0. The molecule has 206 valence electrons. The number of aryl methyl sites for hydroxylation is 2. The molecule has 0 amide bonds. The van der Waals surface area contributed by atoms with E-state index >= 15 is 0 Å². The lowest BCUT2D eigenvalue weighted by molar-refractivity contribution is -0.134. The summed E-state index contributed by atoms with van der Waals surface area (Å²) in [6, 6.07) is 6.85. The fourth-order valence-electron chi connectivity index (χ4n) is 5.06. The van der Waals surface area contributed by atoms with Gasteiger partial charge < -0.3 is 11.1 Å². The number of nitrogens with zero attached hydrogens (tertiary/aromatic N) is 7. The lowest BCUT2D eigenvalue weighted by Crippen LogP contribution is -2.55. The Morgan fingerprint density at radius 3 is 2.72 bits per heavy atom. The van der Waals surface area contributed by atoms with Crippen molar-refractivity contribution in [1.29, 1.82) is 0 Å². The molecule has 1 saturated heterocycles. The Morgan fingerprint density at radius 2 is 2.05 bits per heavy atom. The zero-order chi connectivity index (χ0) is 28.2. The van der Waals surface area contributed by atoms with E-state index in [1.165, 1.54) is 11.6 Å². The maximum Gasteiger partial charge on any atom is 0.272 e. The molecule has 0 radical (unpaired) electrons. The molecule has 0 saturated carbocycles. The van der Waals surface area contributed by atoms with Gasteiger partial charge in [-0.25, -0.2) is 29.7 Å². The summed E-state index contributed by atoms with van der Waals surface area (Å²) < 4.78 is 30.2. The number of hydrogen-bond donors (Lipinski definition) is 3. The molecule has 5 N–H and O–H groups in total. The lowest BCUT2D eigenvalue weighted by atomic mass is 10.0. The van der Waals surface area contributed by atoms with Crippen molar-refractivity contribution < 1.29 is 8.78 Å². The number of fused-ring (bicyclic) bond motifs is 3. The Kier molecular flexibility index (Phi) is 6.69. The third-order valence-corrected chi connectivity index (χ3v) is 6.89. The zero-order valence-electron chi connectivity index (χ0n) is 21.9. The highest BCUT2D eigenvalue weighted by molar-refractivity contribution is 6.29. The Labute approximate surface area is 227 Å². The van der Waals surface area contributed by atoms with Crippen LogP contribution in [0, 0.1) is 6.92 Å². The molecule has 0 aliphatic carbocycles. The number of aromatic nitrogens is 4. The van der Waals surface area contributed by atoms with Crippen molar-refractivity contribution in [3.05, 3.63) is 68.6 Å². The van der Waals surface area contributed by atoms with Crippen molar-refractivity contribution in [2.75, 3.05) is 25.5 Å². The Bertz CT molecular complexity index is 1670. The van der Waals surface area contributed by atoms with Crippen molar-refractivity contribution in [2.45, 2.75) is 32.4 Å². The minimum Gasteiger partial charge on any atom is -0.380 e. The van der Waals surface area contributed by atoms with Crippen molar-refractivity contribution in [1.82, 2.24) is 29.0 Å². The van der Waals surface area contributed by atoms with E-state index in [-0.39, 0.29) is 42.2 Å².